The van der Waals surface area contributed by atoms with Crippen LogP contribution in [0.2, 0.25) is 5.02 Å². The topological polar surface area (TPSA) is 27.6 Å². The van der Waals surface area contributed by atoms with E-state index in [2.05, 4.69) is 61.3 Å². The smallest absolute Gasteiger partial charge is 0.0561 e. The highest BCUT2D eigenvalue weighted by molar-refractivity contribution is 6.33. The van der Waals surface area contributed by atoms with Crippen molar-refractivity contribution < 1.29 is 0 Å². The summed E-state index contributed by atoms with van der Waals surface area (Å²) >= 11 is 6.58. The van der Waals surface area contributed by atoms with Gasteiger partial charge in [-0.3, -0.25) is 5.43 Å². The lowest BCUT2D eigenvalue weighted by molar-refractivity contribution is 0.550. The highest BCUT2D eigenvalue weighted by atomic mass is 35.5. The molecule has 136 valence electrons. The number of benzene rings is 2. The van der Waals surface area contributed by atoms with Crippen LogP contribution in [0.5, 0.6) is 0 Å². The molecule has 0 fully saturated rings. The molecule has 1 heterocycles. The SMILES string of the molecule is CCCN1c2cc(Cl)c(/C=N\Nc3ccccc3)cc2C(C)=CC1(C)C. The number of nitrogens with zero attached hydrogens (tertiary/aromatic N) is 2. The van der Waals surface area contributed by atoms with Gasteiger partial charge in [-0.25, -0.2) is 0 Å². The molecule has 4 heteroatoms. The molecule has 0 aromatic heterocycles. The molecule has 0 amide bonds. The molecule has 1 aliphatic heterocycles. The molecule has 0 saturated heterocycles. The number of fused-ring (bicyclic) bond motifs is 1. The lowest BCUT2D eigenvalue weighted by Gasteiger charge is -2.43. The number of anilines is 2. The summed E-state index contributed by atoms with van der Waals surface area (Å²) in [6.45, 7) is 9.88. The number of para-hydroxylation sites is 1. The summed E-state index contributed by atoms with van der Waals surface area (Å²) in [6.07, 6.45) is 5.21. The molecular weight excluding hydrogens is 342 g/mol. The van der Waals surface area contributed by atoms with E-state index in [1.165, 1.54) is 16.8 Å². The van der Waals surface area contributed by atoms with E-state index in [0.717, 1.165) is 24.2 Å². The van der Waals surface area contributed by atoms with E-state index in [1.54, 1.807) is 6.21 Å². The van der Waals surface area contributed by atoms with Gasteiger partial charge in [-0.15, -0.1) is 0 Å². The maximum Gasteiger partial charge on any atom is 0.0561 e. The number of halogens is 1. The Morgan fingerprint density at radius 3 is 2.62 bits per heavy atom. The number of nitrogens with one attached hydrogen (secondary N) is 1. The van der Waals surface area contributed by atoms with Crippen molar-refractivity contribution in [1.29, 1.82) is 0 Å². The van der Waals surface area contributed by atoms with Gasteiger partial charge in [0, 0.05) is 23.4 Å². The molecule has 2 aromatic carbocycles. The standard InChI is InChI=1S/C22H26ClN3/c1-5-11-26-21-13-20(23)17(12-19(21)16(2)14-22(26,3)4)15-24-25-18-9-7-6-8-10-18/h6-10,12-15,25H,5,11H2,1-4H3/b24-15-. The van der Waals surface area contributed by atoms with Crippen molar-refractivity contribution in [3.05, 3.63) is 64.7 Å². The number of rotatable bonds is 5. The largest absolute Gasteiger partial charge is 0.362 e. The molecule has 2 aromatic rings. The molecule has 0 radical (unpaired) electrons. The zero-order chi connectivity index (χ0) is 18.7. The van der Waals surface area contributed by atoms with Crippen molar-refractivity contribution in [3.8, 4) is 0 Å². The van der Waals surface area contributed by atoms with Gasteiger partial charge in [0.05, 0.1) is 22.5 Å². The molecule has 1 N–H and O–H groups in total. The van der Waals surface area contributed by atoms with Gasteiger partial charge in [-0.1, -0.05) is 42.8 Å². The first-order chi connectivity index (χ1) is 12.4. The van der Waals surface area contributed by atoms with Crippen molar-refractivity contribution in [3.63, 3.8) is 0 Å². The van der Waals surface area contributed by atoms with E-state index in [1.807, 2.05) is 30.3 Å². The highest BCUT2D eigenvalue weighted by Crippen LogP contribution is 2.41. The molecule has 0 unspecified atom stereocenters. The van der Waals surface area contributed by atoms with E-state index in [-0.39, 0.29) is 5.54 Å². The summed E-state index contributed by atoms with van der Waals surface area (Å²) in [4.78, 5) is 2.43. The minimum Gasteiger partial charge on any atom is -0.362 e. The van der Waals surface area contributed by atoms with Crippen molar-refractivity contribution in [2.45, 2.75) is 39.7 Å². The van der Waals surface area contributed by atoms with Gasteiger partial charge >= 0.3 is 0 Å². The zero-order valence-corrected chi connectivity index (χ0v) is 16.6. The van der Waals surface area contributed by atoms with Crippen LogP contribution in [0.25, 0.3) is 5.57 Å². The average Bonchev–Trinajstić information content (AvgIpc) is 2.60. The Balaban J connectivity index is 1.93. The Kier molecular flexibility index (Phi) is 5.38. The van der Waals surface area contributed by atoms with Gasteiger partial charge in [0.1, 0.15) is 0 Å². The fourth-order valence-corrected chi connectivity index (χ4v) is 3.74. The maximum absolute atomic E-state index is 6.58. The molecule has 0 bridgehead atoms. The quantitative estimate of drug-likeness (QED) is 0.503. The van der Waals surface area contributed by atoms with Crippen LogP contribution in [-0.4, -0.2) is 18.3 Å². The highest BCUT2D eigenvalue weighted by Gasteiger charge is 2.31. The summed E-state index contributed by atoms with van der Waals surface area (Å²) in [6, 6.07) is 14.1. The third kappa shape index (κ3) is 3.78. The van der Waals surface area contributed by atoms with Crippen molar-refractivity contribution in [1.82, 2.24) is 0 Å². The monoisotopic (exact) mass is 367 g/mol. The maximum atomic E-state index is 6.58. The first-order valence-electron chi connectivity index (χ1n) is 9.07. The van der Waals surface area contributed by atoms with Gasteiger partial charge in [-0.05, 0) is 57.0 Å². The van der Waals surface area contributed by atoms with Crippen LogP contribution in [0.1, 0.15) is 45.2 Å². The second kappa shape index (κ2) is 7.55. The van der Waals surface area contributed by atoms with E-state index >= 15 is 0 Å². The van der Waals surface area contributed by atoms with E-state index in [4.69, 9.17) is 11.6 Å². The second-order valence-electron chi connectivity index (χ2n) is 7.26. The Bertz CT molecular complexity index is 838. The Morgan fingerprint density at radius 2 is 1.92 bits per heavy atom. The predicted octanol–water partition coefficient (Wildman–Crippen LogP) is 6.20. The first-order valence-corrected chi connectivity index (χ1v) is 9.45. The molecule has 0 spiro atoms. The summed E-state index contributed by atoms with van der Waals surface area (Å²) < 4.78 is 0. The van der Waals surface area contributed by atoms with E-state index in [0.29, 0.717) is 5.02 Å². The van der Waals surface area contributed by atoms with Crippen LogP contribution in [0, 0.1) is 0 Å². The molecule has 1 aliphatic rings. The minimum absolute atomic E-state index is 0.0130. The molecule has 3 rings (SSSR count). The van der Waals surface area contributed by atoms with Gasteiger partial charge in [0.2, 0.25) is 0 Å². The first kappa shape index (κ1) is 18.5. The molecule has 26 heavy (non-hydrogen) atoms. The molecule has 0 atom stereocenters. The molecule has 0 saturated carbocycles. The number of hydrogen-bond acceptors (Lipinski definition) is 3. The minimum atomic E-state index is -0.0130. The molecule has 3 nitrogen and oxygen atoms in total. The number of allylic oxidation sites excluding steroid dienone is 1. The summed E-state index contributed by atoms with van der Waals surface area (Å²) in [5.74, 6) is 0. The normalized spacial score (nSPS) is 15.7. The van der Waals surface area contributed by atoms with Gasteiger partial charge in [-0.2, -0.15) is 5.10 Å². The van der Waals surface area contributed by atoms with Crippen molar-refractivity contribution in [2.75, 3.05) is 16.9 Å². The van der Waals surface area contributed by atoms with Crippen LogP contribution < -0.4 is 10.3 Å². The van der Waals surface area contributed by atoms with Crippen LogP contribution in [-0.2, 0) is 0 Å². The summed E-state index contributed by atoms with van der Waals surface area (Å²) in [7, 11) is 0. The summed E-state index contributed by atoms with van der Waals surface area (Å²) in [5, 5.41) is 5.05. The number of hydrogen-bond donors (Lipinski definition) is 1. The van der Waals surface area contributed by atoms with E-state index in [9.17, 15) is 0 Å². The Morgan fingerprint density at radius 1 is 1.19 bits per heavy atom. The van der Waals surface area contributed by atoms with Crippen LogP contribution >= 0.6 is 11.6 Å². The third-order valence-corrected chi connectivity index (χ3v) is 5.04. The second-order valence-corrected chi connectivity index (χ2v) is 7.67. The van der Waals surface area contributed by atoms with Crippen LogP contribution in [0.4, 0.5) is 11.4 Å². The van der Waals surface area contributed by atoms with Crippen molar-refractivity contribution in [2.24, 2.45) is 5.10 Å². The van der Waals surface area contributed by atoms with Crippen LogP contribution in [0.15, 0.2) is 53.6 Å². The third-order valence-electron chi connectivity index (χ3n) is 4.71. The van der Waals surface area contributed by atoms with Gasteiger partial charge in [0.25, 0.3) is 0 Å². The average molecular weight is 368 g/mol. The lowest BCUT2D eigenvalue weighted by atomic mass is 9.88. The molecule has 0 aliphatic carbocycles. The van der Waals surface area contributed by atoms with Crippen LogP contribution in [0.3, 0.4) is 0 Å². The van der Waals surface area contributed by atoms with Crippen molar-refractivity contribution >= 4 is 34.8 Å². The fourth-order valence-electron chi connectivity index (χ4n) is 3.53. The Hall–Kier alpha value is -2.26. The predicted molar refractivity (Wildman–Crippen MR) is 114 cm³/mol. The number of hydrazone groups is 1. The summed E-state index contributed by atoms with van der Waals surface area (Å²) in [5.41, 5.74) is 8.60. The Labute approximate surface area is 161 Å². The van der Waals surface area contributed by atoms with Gasteiger partial charge < -0.3 is 4.90 Å². The van der Waals surface area contributed by atoms with Gasteiger partial charge in [0.15, 0.2) is 0 Å². The zero-order valence-electron chi connectivity index (χ0n) is 15.9. The lowest BCUT2D eigenvalue weighted by Crippen LogP contribution is -2.45. The molecular formula is C22H26ClN3. The fraction of sp³-hybridized carbons (Fsp3) is 0.318. The van der Waals surface area contributed by atoms with E-state index < -0.39 is 0 Å².